The molecule has 4 atom stereocenters. The fourth-order valence-corrected chi connectivity index (χ4v) is 5.10. The SMILES string of the molecule is O=[C](OC1[C@@H](COP)OC(O)C1(F)F)[BiH][c]1ccccc1. The van der Waals surface area contributed by atoms with Gasteiger partial charge < -0.3 is 0 Å². The van der Waals surface area contributed by atoms with Crippen molar-refractivity contribution in [3.63, 3.8) is 0 Å². The second-order valence-electron chi connectivity index (χ2n) is 4.35. The maximum atomic E-state index is 13.8. The quantitative estimate of drug-likeness (QED) is 0.454. The number of alkyl halides is 2. The Hall–Kier alpha value is -0.257. The zero-order chi connectivity index (χ0) is 15.5. The van der Waals surface area contributed by atoms with Gasteiger partial charge in [0, 0.05) is 0 Å². The first kappa shape index (κ1) is 17.1. The summed E-state index contributed by atoms with van der Waals surface area (Å²) in [5.41, 5.74) is 0. The molecule has 9 heteroatoms. The van der Waals surface area contributed by atoms with Crippen LogP contribution in [0.15, 0.2) is 30.3 Å². The van der Waals surface area contributed by atoms with Crippen LogP contribution in [0.5, 0.6) is 0 Å². The van der Waals surface area contributed by atoms with Crippen LogP contribution in [0.1, 0.15) is 0 Å². The number of benzene rings is 1. The molecule has 0 radical (unpaired) electrons. The summed E-state index contributed by atoms with van der Waals surface area (Å²) in [6.07, 6.45) is -5.34. The fraction of sp³-hybridized carbons (Fsp3) is 0.417. The topological polar surface area (TPSA) is 65.0 Å². The zero-order valence-electron chi connectivity index (χ0n) is 10.7. The van der Waals surface area contributed by atoms with Gasteiger partial charge in [-0.15, -0.1) is 0 Å². The minimum absolute atomic E-state index is 0.228. The average molecular weight is 516 g/mol. The van der Waals surface area contributed by atoms with Gasteiger partial charge in [-0.1, -0.05) is 0 Å². The van der Waals surface area contributed by atoms with Crippen LogP contribution in [0.3, 0.4) is 0 Å². The van der Waals surface area contributed by atoms with Gasteiger partial charge in [0.2, 0.25) is 0 Å². The third-order valence-corrected chi connectivity index (χ3v) is 6.73. The summed E-state index contributed by atoms with van der Waals surface area (Å²) in [4.78, 5) is 11.9. The van der Waals surface area contributed by atoms with E-state index < -0.39 is 51.3 Å². The number of aliphatic hydroxyl groups excluding tert-OH is 1. The Balaban J connectivity index is 2.03. The molecule has 3 unspecified atom stereocenters. The number of halogens is 2. The molecular formula is C12H14BiF2O5P. The molecule has 1 aromatic rings. The predicted molar refractivity (Wildman–Crippen MR) is 75.0 cm³/mol. The van der Waals surface area contributed by atoms with E-state index in [9.17, 15) is 18.7 Å². The molecule has 1 saturated heterocycles. The van der Waals surface area contributed by atoms with Crippen molar-refractivity contribution in [2.45, 2.75) is 24.4 Å². The molecule has 1 N–H and O–H groups in total. The molecule has 5 nitrogen and oxygen atoms in total. The molecule has 0 saturated carbocycles. The molecule has 1 aliphatic heterocycles. The Bertz CT molecular complexity index is 490. The number of ether oxygens (including phenoxy) is 2. The van der Waals surface area contributed by atoms with E-state index in [4.69, 9.17) is 9.47 Å². The summed E-state index contributed by atoms with van der Waals surface area (Å²) in [5, 5.41) is 9.22. The second kappa shape index (κ2) is 7.34. The molecule has 0 amide bonds. The molecule has 21 heavy (non-hydrogen) atoms. The third kappa shape index (κ3) is 4.14. The number of rotatable bonds is 5. The number of hydrogen-bond donors (Lipinski definition) is 1. The van der Waals surface area contributed by atoms with Crippen LogP contribution < -0.4 is 3.27 Å². The van der Waals surface area contributed by atoms with Crippen LogP contribution in [0.2, 0.25) is 0 Å². The first-order valence-electron chi connectivity index (χ1n) is 6.01. The third-order valence-electron chi connectivity index (χ3n) is 2.86. The Kier molecular flexibility index (Phi) is 5.98. The zero-order valence-corrected chi connectivity index (χ0v) is 15.8. The predicted octanol–water partition coefficient (Wildman–Crippen LogP) is 0.413. The Morgan fingerprint density at radius 1 is 1.43 bits per heavy atom. The van der Waals surface area contributed by atoms with E-state index in [2.05, 4.69) is 4.52 Å². The van der Waals surface area contributed by atoms with Gasteiger partial charge in [0.1, 0.15) is 0 Å². The monoisotopic (exact) mass is 516 g/mol. The molecule has 1 fully saturated rings. The molecule has 116 valence electrons. The van der Waals surface area contributed by atoms with E-state index in [-0.39, 0.29) is 6.61 Å². The molecule has 0 bridgehead atoms. The molecule has 1 aliphatic rings. The number of carbonyl (C=O) groups is 1. The summed E-state index contributed by atoms with van der Waals surface area (Å²) in [7, 11) is 1.90. The van der Waals surface area contributed by atoms with E-state index in [0.717, 1.165) is 3.27 Å². The van der Waals surface area contributed by atoms with Crippen molar-refractivity contribution in [2.75, 3.05) is 6.61 Å². The average Bonchev–Trinajstić information content (AvgIpc) is 2.64. The molecule has 1 aromatic carbocycles. The van der Waals surface area contributed by atoms with Gasteiger partial charge in [0.25, 0.3) is 0 Å². The van der Waals surface area contributed by atoms with Crippen molar-refractivity contribution in [1.29, 1.82) is 0 Å². The van der Waals surface area contributed by atoms with Crippen molar-refractivity contribution < 1.29 is 32.7 Å². The van der Waals surface area contributed by atoms with Crippen LogP contribution in [-0.2, 0) is 14.0 Å². The summed E-state index contributed by atoms with van der Waals surface area (Å²) in [6.45, 7) is -0.228. The van der Waals surface area contributed by atoms with Gasteiger partial charge in [-0.25, -0.2) is 0 Å². The van der Waals surface area contributed by atoms with Crippen LogP contribution in [-0.4, -0.2) is 63.0 Å². The van der Waals surface area contributed by atoms with Crippen molar-refractivity contribution in [2.24, 2.45) is 0 Å². The molecule has 1 heterocycles. The standard InChI is InChI=1S/C6H8F2O5P.C6H5.Bi.H/c7-6(8)4(11-2-9)3(1-12-14)13-5(6)10;1-2-4-6-5-3-1;;/h3-5,10H,1,14H2;1-5H;;/t3-,4?,5?;;;/m1.../s1. The van der Waals surface area contributed by atoms with Gasteiger partial charge >= 0.3 is 134 Å². The van der Waals surface area contributed by atoms with Crippen LogP contribution in [0, 0.1) is 0 Å². The molecule has 0 spiro atoms. The summed E-state index contributed by atoms with van der Waals surface area (Å²) in [6, 6.07) is 8.90. The Morgan fingerprint density at radius 3 is 2.71 bits per heavy atom. The van der Waals surface area contributed by atoms with Gasteiger partial charge in [0.05, 0.1) is 0 Å². The Labute approximate surface area is 133 Å². The summed E-state index contributed by atoms with van der Waals surface area (Å²) >= 11 is -2.04. The van der Waals surface area contributed by atoms with E-state index in [1.807, 2.05) is 9.47 Å². The number of hydrogen-bond acceptors (Lipinski definition) is 5. The van der Waals surface area contributed by atoms with Gasteiger partial charge in [0.15, 0.2) is 0 Å². The normalized spacial score (nSPS) is 27.5. The molecule has 0 aromatic heterocycles. The van der Waals surface area contributed by atoms with Crippen molar-refractivity contribution in [3.05, 3.63) is 30.3 Å². The second-order valence-corrected chi connectivity index (χ2v) is 9.49. The first-order chi connectivity index (χ1) is 9.95. The molecular weight excluding hydrogens is 502 g/mol. The van der Waals surface area contributed by atoms with Gasteiger partial charge in [-0.05, 0) is 0 Å². The van der Waals surface area contributed by atoms with Crippen molar-refractivity contribution in [1.82, 2.24) is 0 Å². The minimum atomic E-state index is -3.65. The number of aliphatic hydroxyl groups is 1. The maximum absolute atomic E-state index is 13.8. The number of carbonyl (C=O) groups excluding carboxylic acids is 1. The summed E-state index contributed by atoms with van der Waals surface area (Å²) in [5.74, 6) is -3.65. The van der Waals surface area contributed by atoms with E-state index in [1.54, 1.807) is 30.3 Å². The molecule has 0 aliphatic carbocycles. The van der Waals surface area contributed by atoms with Crippen LogP contribution in [0.25, 0.3) is 0 Å². The van der Waals surface area contributed by atoms with Gasteiger partial charge in [-0.3, -0.25) is 0 Å². The van der Waals surface area contributed by atoms with E-state index in [1.165, 1.54) is 0 Å². The fourth-order valence-electron chi connectivity index (χ4n) is 1.88. The van der Waals surface area contributed by atoms with Crippen molar-refractivity contribution in [3.8, 4) is 0 Å². The van der Waals surface area contributed by atoms with E-state index >= 15 is 0 Å². The van der Waals surface area contributed by atoms with E-state index in [0.29, 0.717) is 0 Å². The summed E-state index contributed by atoms with van der Waals surface area (Å²) < 4.78 is 42.0. The van der Waals surface area contributed by atoms with Crippen molar-refractivity contribution >= 4 is 39.7 Å². The van der Waals surface area contributed by atoms with Crippen LogP contribution >= 0.6 is 9.47 Å². The van der Waals surface area contributed by atoms with Crippen LogP contribution in [0.4, 0.5) is 13.6 Å². The molecule has 2 rings (SSSR count). The first-order valence-corrected chi connectivity index (χ1v) is 10.4. The van der Waals surface area contributed by atoms with Gasteiger partial charge in [-0.2, -0.15) is 0 Å². The Morgan fingerprint density at radius 2 is 2.10 bits per heavy atom.